The summed E-state index contributed by atoms with van der Waals surface area (Å²) in [7, 11) is 0. The van der Waals surface area contributed by atoms with Crippen molar-refractivity contribution in [3.8, 4) is 0 Å². The van der Waals surface area contributed by atoms with Crippen LogP contribution >= 0.6 is 0 Å². The normalized spacial score (nSPS) is 14.3. The number of benzene rings is 1. The van der Waals surface area contributed by atoms with E-state index in [1.807, 2.05) is 0 Å². The number of isocyanates is 1. The number of carbonyl (C=O) groups excluding carboxylic acids is 1. The summed E-state index contributed by atoms with van der Waals surface area (Å²) in [6, 6.07) is 8.44. The van der Waals surface area contributed by atoms with Gasteiger partial charge in [-0.1, -0.05) is 18.2 Å². The summed E-state index contributed by atoms with van der Waals surface area (Å²) < 4.78 is 0. The highest BCUT2D eigenvalue weighted by Gasteiger charge is 2.14. The van der Waals surface area contributed by atoms with E-state index in [9.17, 15) is 4.79 Å². The molecule has 3 nitrogen and oxygen atoms in total. The number of aliphatic imine (C=N–C) groups is 1. The van der Waals surface area contributed by atoms with Crippen LogP contribution in [-0.4, -0.2) is 25.7 Å². The standard InChI is InChI=1S/C12H14N2O/c15-10-13-7-9-14-8-3-5-11-4-1-2-6-12(11)14/h1-2,4,6H,3,5,7-9H2. The Hall–Kier alpha value is -1.60. The number of hydrogen-bond donors (Lipinski definition) is 0. The van der Waals surface area contributed by atoms with E-state index in [4.69, 9.17) is 0 Å². The maximum atomic E-state index is 9.98. The van der Waals surface area contributed by atoms with Crippen LogP contribution in [0.25, 0.3) is 0 Å². The molecule has 1 aromatic rings. The molecule has 1 aliphatic rings. The Labute approximate surface area is 89.4 Å². The summed E-state index contributed by atoms with van der Waals surface area (Å²) in [5, 5.41) is 0. The van der Waals surface area contributed by atoms with Crippen molar-refractivity contribution >= 4 is 11.8 Å². The predicted octanol–water partition coefficient (Wildman–Crippen LogP) is 1.77. The van der Waals surface area contributed by atoms with Crippen molar-refractivity contribution in [2.45, 2.75) is 12.8 Å². The Balaban J connectivity index is 2.11. The van der Waals surface area contributed by atoms with E-state index in [-0.39, 0.29) is 0 Å². The number of hydrogen-bond acceptors (Lipinski definition) is 3. The minimum atomic E-state index is 0.540. The van der Waals surface area contributed by atoms with E-state index in [1.54, 1.807) is 6.08 Å². The Kier molecular flexibility index (Phi) is 3.15. The molecule has 2 rings (SSSR count). The van der Waals surface area contributed by atoms with Gasteiger partial charge in [0.25, 0.3) is 0 Å². The van der Waals surface area contributed by atoms with Gasteiger partial charge in [0, 0.05) is 18.8 Å². The van der Waals surface area contributed by atoms with Crippen LogP contribution in [-0.2, 0) is 11.2 Å². The van der Waals surface area contributed by atoms with Crippen molar-refractivity contribution in [3.05, 3.63) is 29.8 Å². The van der Waals surface area contributed by atoms with E-state index >= 15 is 0 Å². The fourth-order valence-corrected chi connectivity index (χ4v) is 2.06. The van der Waals surface area contributed by atoms with Gasteiger partial charge in [0.1, 0.15) is 0 Å². The molecule has 0 saturated heterocycles. The van der Waals surface area contributed by atoms with Crippen molar-refractivity contribution < 1.29 is 4.79 Å². The predicted molar refractivity (Wildman–Crippen MR) is 60.0 cm³/mol. The lowest BCUT2D eigenvalue weighted by Gasteiger charge is -2.30. The van der Waals surface area contributed by atoms with Gasteiger partial charge in [-0.25, -0.2) is 9.79 Å². The highest BCUT2D eigenvalue weighted by atomic mass is 16.1. The van der Waals surface area contributed by atoms with E-state index in [2.05, 4.69) is 34.2 Å². The van der Waals surface area contributed by atoms with Crippen molar-refractivity contribution in [2.75, 3.05) is 24.5 Å². The number of aryl methyl sites for hydroxylation is 1. The summed E-state index contributed by atoms with van der Waals surface area (Å²) in [4.78, 5) is 15.9. The summed E-state index contributed by atoms with van der Waals surface area (Å²) in [5.41, 5.74) is 2.70. The molecule has 78 valence electrons. The smallest absolute Gasteiger partial charge is 0.235 e. The zero-order chi connectivity index (χ0) is 10.5. The molecule has 1 aliphatic heterocycles. The van der Waals surface area contributed by atoms with Gasteiger partial charge in [-0.2, -0.15) is 0 Å². The van der Waals surface area contributed by atoms with Crippen molar-refractivity contribution in [2.24, 2.45) is 4.99 Å². The van der Waals surface area contributed by atoms with Crippen LogP contribution in [0.3, 0.4) is 0 Å². The van der Waals surface area contributed by atoms with Gasteiger partial charge in [-0.3, -0.25) is 0 Å². The second kappa shape index (κ2) is 4.76. The third kappa shape index (κ3) is 2.25. The molecule has 0 saturated carbocycles. The van der Waals surface area contributed by atoms with Gasteiger partial charge in [-0.15, -0.1) is 0 Å². The number of para-hydroxylation sites is 1. The number of nitrogens with zero attached hydrogens (tertiary/aromatic N) is 2. The molecule has 0 amide bonds. The highest BCUT2D eigenvalue weighted by Crippen LogP contribution is 2.25. The Bertz CT molecular complexity index is 383. The van der Waals surface area contributed by atoms with Crippen LogP contribution < -0.4 is 4.90 Å². The summed E-state index contributed by atoms with van der Waals surface area (Å²) >= 11 is 0. The molecular weight excluding hydrogens is 188 g/mol. The fraction of sp³-hybridized carbons (Fsp3) is 0.417. The van der Waals surface area contributed by atoms with Gasteiger partial charge >= 0.3 is 0 Å². The molecule has 1 aromatic carbocycles. The molecule has 1 heterocycles. The van der Waals surface area contributed by atoms with Gasteiger partial charge in [-0.05, 0) is 24.5 Å². The number of anilines is 1. The zero-order valence-corrected chi connectivity index (χ0v) is 8.65. The quantitative estimate of drug-likeness (QED) is 0.553. The van der Waals surface area contributed by atoms with Crippen LogP contribution in [0, 0.1) is 0 Å². The molecular formula is C12H14N2O. The maximum Gasteiger partial charge on any atom is 0.235 e. The van der Waals surface area contributed by atoms with Crippen molar-refractivity contribution in [3.63, 3.8) is 0 Å². The summed E-state index contributed by atoms with van der Waals surface area (Å²) in [6.45, 7) is 2.41. The first kappa shape index (κ1) is 9.94. The average Bonchev–Trinajstić information content (AvgIpc) is 2.30. The second-order valence-corrected chi connectivity index (χ2v) is 3.69. The van der Waals surface area contributed by atoms with Crippen LogP contribution in [0.15, 0.2) is 29.3 Å². The highest BCUT2D eigenvalue weighted by molar-refractivity contribution is 5.55. The minimum absolute atomic E-state index is 0.540. The summed E-state index contributed by atoms with van der Waals surface area (Å²) in [6.07, 6.45) is 3.92. The lowest BCUT2D eigenvalue weighted by atomic mass is 10.0. The topological polar surface area (TPSA) is 32.7 Å². The molecule has 0 fully saturated rings. The van der Waals surface area contributed by atoms with Crippen molar-refractivity contribution in [1.82, 2.24) is 0 Å². The first-order valence-corrected chi connectivity index (χ1v) is 5.28. The first-order chi connectivity index (χ1) is 7.42. The molecule has 0 atom stereocenters. The SMILES string of the molecule is O=C=NCCN1CCCc2ccccc21. The van der Waals surface area contributed by atoms with Gasteiger partial charge in [0.15, 0.2) is 0 Å². The first-order valence-electron chi connectivity index (χ1n) is 5.28. The van der Waals surface area contributed by atoms with Gasteiger partial charge < -0.3 is 4.90 Å². The molecule has 0 bridgehead atoms. The Morgan fingerprint density at radius 1 is 1.40 bits per heavy atom. The van der Waals surface area contributed by atoms with Crippen LogP contribution in [0.1, 0.15) is 12.0 Å². The van der Waals surface area contributed by atoms with E-state index < -0.39 is 0 Å². The van der Waals surface area contributed by atoms with Gasteiger partial charge in [0.05, 0.1) is 6.54 Å². The van der Waals surface area contributed by atoms with Crippen molar-refractivity contribution in [1.29, 1.82) is 0 Å². The van der Waals surface area contributed by atoms with Gasteiger partial charge in [0.2, 0.25) is 6.08 Å². The monoisotopic (exact) mass is 202 g/mol. The molecule has 0 N–H and O–H groups in total. The molecule has 0 unspecified atom stereocenters. The Morgan fingerprint density at radius 3 is 3.13 bits per heavy atom. The van der Waals surface area contributed by atoms with Crippen LogP contribution in [0.4, 0.5) is 5.69 Å². The molecule has 0 aliphatic carbocycles. The third-order valence-electron chi connectivity index (χ3n) is 2.75. The average molecular weight is 202 g/mol. The molecule has 0 spiro atoms. The van der Waals surface area contributed by atoms with Crippen LogP contribution in [0.5, 0.6) is 0 Å². The minimum Gasteiger partial charge on any atom is -0.369 e. The van der Waals surface area contributed by atoms with E-state index in [1.165, 1.54) is 17.7 Å². The molecule has 0 aromatic heterocycles. The number of rotatable bonds is 3. The maximum absolute atomic E-state index is 9.98. The lowest BCUT2D eigenvalue weighted by molar-refractivity contribution is 0.562. The van der Waals surface area contributed by atoms with Crippen LogP contribution in [0.2, 0.25) is 0 Å². The fourth-order valence-electron chi connectivity index (χ4n) is 2.06. The molecule has 3 heteroatoms. The lowest BCUT2D eigenvalue weighted by Crippen LogP contribution is -2.31. The molecule has 15 heavy (non-hydrogen) atoms. The molecule has 0 radical (unpaired) electrons. The second-order valence-electron chi connectivity index (χ2n) is 3.69. The van der Waals surface area contributed by atoms with E-state index in [0.29, 0.717) is 6.54 Å². The third-order valence-corrected chi connectivity index (χ3v) is 2.75. The summed E-state index contributed by atoms with van der Waals surface area (Å²) in [5.74, 6) is 0. The zero-order valence-electron chi connectivity index (χ0n) is 8.65. The Morgan fingerprint density at radius 2 is 2.27 bits per heavy atom. The van der Waals surface area contributed by atoms with E-state index in [0.717, 1.165) is 19.5 Å². The number of fused-ring (bicyclic) bond motifs is 1. The largest absolute Gasteiger partial charge is 0.369 e.